The second-order valence-corrected chi connectivity index (χ2v) is 3.78. The molecule has 3 nitrogen and oxygen atoms in total. The van der Waals surface area contributed by atoms with Crippen LogP contribution in [0.3, 0.4) is 0 Å². The molecule has 0 saturated heterocycles. The normalized spacial score (nSPS) is 15.8. The van der Waals surface area contributed by atoms with Crippen LogP contribution in [0.4, 0.5) is 0 Å². The summed E-state index contributed by atoms with van der Waals surface area (Å²) in [6.07, 6.45) is 11.8. The molecule has 2 aliphatic heterocycles. The second kappa shape index (κ2) is 7.22. The van der Waals surface area contributed by atoms with Crippen LogP contribution < -0.4 is 10.7 Å². The van der Waals surface area contributed by atoms with E-state index < -0.39 is 0 Å². The highest BCUT2D eigenvalue weighted by molar-refractivity contribution is 5.11. The maximum Gasteiger partial charge on any atom is 0.0901 e. The minimum atomic E-state index is 0.917. The van der Waals surface area contributed by atoms with E-state index in [-0.39, 0.29) is 0 Å². The predicted molar refractivity (Wildman–Crippen MR) is 71.6 cm³/mol. The largest absolute Gasteiger partial charge is 0.473 e. The zero-order chi connectivity index (χ0) is 12.5. The van der Waals surface area contributed by atoms with E-state index in [1.54, 1.807) is 12.5 Å². The van der Waals surface area contributed by atoms with Gasteiger partial charge in [-0.2, -0.15) is 0 Å². The lowest BCUT2D eigenvalue weighted by molar-refractivity contribution is 0.404. The first-order chi connectivity index (χ1) is 8.97. The Bertz CT molecular complexity index is 521. The lowest BCUT2D eigenvalue weighted by Crippen LogP contribution is -2.23. The monoisotopic (exact) mass is 240 g/mol. The van der Waals surface area contributed by atoms with E-state index in [9.17, 15) is 0 Å². The standard InChI is InChI=1S/C9H10N2.C6H6O/c1-2-5-9-8(4-1)10-6-3-7-11-9;1-2-4-6-7-5-3-1/h1-2,4-5H,3,6-7H2;1-6H. The van der Waals surface area contributed by atoms with Crippen LogP contribution in [0.5, 0.6) is 0 Å². The first kappa shape index (κ1) is 12.3. The van der Waals surface area contributed by atoms with Gasteiger partial charge in [-0.15, -0.1) is 0 Å². The van der Waals surface area contributed by atoms with Crippen LogP contribution in [0.2, 0.25) is 0 Å². The van der Waals surface area contributed by atoms with Crippen molar-refractivity contribution >= 4 is 0 Å². The van der Waals surface area contributed by atoms with Gasteiger partial charge in [-0.05, 0) is 30.7 Å². The third-order valence-electron chi connectivity index (χ3n) is 2.41. The van der Waals surface area contributed by atoms with Crippen molar-refractivity contribution in [3.05, 3.63) is 71.8 Å². The minimum absolute atomic E-state index is 0.917. The van der Waals surface area contributed by atoms with Gasteiger partial charge in [0, 0.05) is 13.1 Å². The number of benzene rings is 1. The van der Waals surface area contributed by atoms with Gasteiger partial charge in [0.2, 0.25) is 0 Å². The van der Waals surface area contributed by atoms with Crippen molar-refractivity contribution in [2.24, 2.45) is 9.98 Å². The van der Waals surface area contributed by atoms with Gasteiger partial charge in [0.25, 0.3) is 0 Å². The highest BCUT2D eigenvalue weighted by Gasteiger charge is 1.91. The Labute approximate surface area is 107 Å². The van der Waals surface area contributed by atoms with Crippen molar-refractivity contribution in [3.8, 4) is 0 Å². The molecular formula is C15H16N2O. The molecule has 0 bridgehead atoms. The summed E-state index contributed by atoms with van der Waals surface area (Å²) in [5.74, 6) is 0. The van der Waals surface area contributed by atoms with Crippen molar-refractivity contribution in [1.29, 1.82) is 0 Å². The zero-order valence-corrected chi connectivity index (χ0v) is 10.2. The molecule has 0 radical (unpaired) electrons. The molecule has 3 heteroatoms. The fourth-order valence-electron chi connectivity index (χ4n) is 1.56. The molecule has 3 rings (SSSR count). The van der Waals surface area contributed by atoms with Crippen molar-refractivity contribution < 1.29 is 4.74 Å². The molecule has 1 aromatic carbocycles. The Balaban J connectivity index is 0.000000149. The summed E-state index contributed by atoms with van der Waals surface area (Å²) in [4.78, 5) is 8.79. The van der Waals surface area contributed by atoms with E-state index in [1.807, 2.05) is 48.6 Å². The van der Waals surface area contributed by atoms with Crippen LogP contribution in [0.15, 0.2) is 71.1 Å². The van der Waals surface area contributed by atoms with Crippen molar-refractivity contribution in [3.63, 3.8) is 0 Å². The number of para-hydroxylation sites is 2. The van der Waals surface area contributed by atoms with Gasteiger partial charge in [0.1, 0.15) is 0 Å². The van der Waals surface area contributed by atoms with Gasteiger partial charge in [-0.3, -0.25) is 9.98 Å². The van der Waals surface area contributed by atoms with Crippen LogP contribution in [0.1, 0.15) is 6.42 Å². The average molecular weight is 240 g/mol. The number of rotatable bonds is 0. The lowest BCUT2D eigenvalue weighted by Gasteiger charge is -1.83. The molecule has 18 heavy (non-hydrogen) atoms. The summed E-state index contributed by atoms with van der Waals surface area (Å²) in [7, 11) is 0. The van der Waals surface area contributed by atoms with Crippen molar-refractivity contribution in [2.45, 2.75) is 6.42 Å². The molecule has 0 fully saturated rings. The van der Waals surface area contributed by atoms with Crippen LogP contribution >= 0.6 is 0 Å². The van der Waals surface area contributed by atoms with Crippen molar-refractivity contribution in [1.82, 2.24) is 0 Å². The number of fused-ring (bicyclic) bond motifs is 1. The smallest absolute Gasteiger partial charge is 0.0901 e. The molecule has 2 heterocycles. The quantitative estimate of drug-likeness (QED) is 0.682. The molecule has 0 saturated carbocycles. The fraction of sp³-hybridized carbons (Fsp3) is 0.200. The molecule has 0 aliphatic carbocycles. The van der Waals surface area contributed by atoms with Gasteiger partial charge < -0.3 is 4.74 Å². The fourth-order valence-corrected chi connectivity index (χ4v) is 1.56. The maximum absolute atomic E-state index is 4.77. The molecule has 92 valence electrons. The van der Waals surface area contributed by atoms with E-state index in [4.69, 9.17) is 4.74 Å². The number of ether oxygens (including phenoxy) is 1. The second-order valence-electron chi connectivity index (χ2n) is 3.78. The number of allylic oxidation sites excluding steroid dienone is 4. The summed E-state index contributed by atoms with van der Waals surface area (Å²) >= 11 is 0. The molecule has 0 aromatic heterocycles. The molecule has 1 aromatic rings. The molecule has 2 aliphatic rings. The summed E-state index contributed by atoms with van der Waals surface area (Å²) in [5, 5.41) is 2.09. The topological polar surface area (TPSA) is 34.0 Å². The van der Waals surface area contributed by atoms with E-state index in [0.717, 1.165) is 30.2 Å². The molecule has 0 amide bonds. The first-order valence-electron chi connectivity index (χ1n) is 6.05. The first-order valence-corrected chi connectivity index (χ1v) is 6.05. The van der Waals surface area contributed by atoms with E-state index in [1.165, 1.54) is 0 Å². The number of hydrogen-bond acceptors (Lipinski definition) is 3. The molecule has 0 spiro atoms. The van der Waals surface area contributed by atoms with Crippen LogP contribution in [0, 0.1) is 0 Å². The summed E-state index contributed by atoms with van der Waals surface area (Å²) in [6, 6.07) is 8.04. The third-order valence-corrected chi connectivity index (χ3v) is 2.41. The zero-order valence-electron chi connectivity index (χ0n) is 10.2. The predicted octanol–water partition coefficient (Wildman–Crippen LogP) is 1.93. The Morgan fingerprint density at radius 3 is 1.89 bits per heavy atom. The minimum Gasteiger partial charge on any atom is -0.473 e. The SMILES string of the molecule is C1=CC=COC=C1.c1ccc2c(c1)=NCCCN=2. The molecule has 0 atom stereocenters. The maximum atomic E-state index is 4.77. The Hall–Kier alpha value is -2.16. The lowest BCUT2D eigenvalue weighted by atomic mass is 10.3. The highest BCUT2D eigenvalue weighted by Crippen LogP contribution is 1.88. The Morgan fingerprint density at radius 2 is 1.33 bits per heavy atom. The van der Waals surface area contributed by atoms with Gasteiger partial charge in [0.05, 0.1) is 23.2 Å². The Morgan fingerprint density at radius 1 is 0.778 bits per heavy atom. The van der Waals surface area contributed by atoms with Gasteiger partial charge in [0.15, 0.2) is 0 Å². The van der Waals surface area contributed by atoms with E-state index >= 15 is 0 Å². The van der Waals surface area contributed by atoms with Gasteiger partial charge in [-0.25, -0.2) is 0 Å². The summed E-state index contributed by atoms with van der Waals surface area (Å²) in [6.45, 7) is 1.83. The summed E-state index contributed by atoms with van der Waals surface area (Å²) in [5.41, 5.74) is 0. The van der Waals surface area contributed by atoms with Crippen LogP contribution in [0.25, 0.3) is 0 Å². The summed E-state index contributed by atoms with van der Waals surface area (Å²) < 4.78 is 4.77. The van der Waals surface area contributed by atoms with E-state index in [0.29, 0.717) is 0 Å². The highest BCUT2D eigenvalue weighted by atomic mass is 16.5. The van der Waals surface area contributed by atoms with Crippen LogP contribution in [-0.4, -0.2) is 13.1 Å². The average Bonchev–Trinajstić information content (AvgIpc) is 2.84. The van der Waals surface area contributed by atoms with Crippen molar-refractivity contribution in [2.75, 3.05) is 13.1 Å². The third kappa shape index (κ3) is 4.01. The van der Waals surface area contributed by atoms with Gasteiger partial charge in [-0.1, -0.05) is 24.3 Å². The molecule has 0 unspecified atom stereocenters. The van der Waals surface area contributed by atoms with E-state index in [2.05, 4.69) is 9.98 Å². The number of hydrogen-bond donors (Lipinski definition) is 0. The molecular weight excluding hydrogens is 224 g/mol. The van der Waals surface area contributed by atoms with Gasteiger partial charge >= 0.3 is 0 Å². The Kier molecular flexibility index (Phi) is 4.94. The number of nitrogens with zero attached hydrogens (tertiary/aromatic N) is 2. The van der Waals surface area contributed by atoms with Crippen LogP contribution in [-0.2, 0) is 4.74 Å². The molecule has 0 N–H and O–H groups in total.